The summed E-state index contributed by atoms with van der Waals surface area (Å²) in [6.45, 7) is 7.81. The number of hydrogen-bond acceptors (Lipinski definition) is 2. The van der Waals surface area contributed by atoms with Crippen LogP contribution in [0.15, 0.2) is 11.4 Å². The second kappa shape index (κ2) is 6.20. The first-order valence-electron chi connectivity index (χ1n) is 5.57. The lowest BCUT2D eigenvalue weighted by molar-refractivity contribution is 0.499. The molecule has 0 aromatic carbocycles. The first kappa shape index (κ1) is 11.7. The summed E-state index contributed by atoms with van der Waals surface area (Å²) in [5.41, 5.74) is 1.44. The molecule has 0 radical (unpaired) electrons. The van der Waals surface area contributed by atoms with Gasteiger partial charge in [-0.2, -0.15) is 0 Å². The van der Waals surface area contributed by atoms with E-state index in [9.17, 15) is 0 Å². The molecule has 0 bridgehead atoms. The lowest BCUT2D eigenvalue weighted by atomic mass is 10.1. The van der Waals surface area contributed by atoms with Crippen LogP contribution in [0, 0.1) is 6.92 Å². The summed E-state index contributed by atoms with van der Waals surface area (Å²) < 4.78 is 0. The minimum atomic E-state index is 0.583. The molecule has 0 spiro atoms. The first-order chi connectivity index (χ1) is 6.79. The Morgan fingerprint density at radius 3 is 2.64 bits per heavy atom. The molecule has 1 atom stereocenters. The molecule has 1 aromatic heterocycles. The fourth-order valence-electron chi connectivity index (χ4n) is 1.67. The molecule has 0 fully saturated rings. The van der Waals surface area contributed by atoms with Gasteiger partial charge in [-0.15, -0.1) is 11.3 Å². The highest BCUT2D eigenvalue weighted by Gasteiger charge is 2.12. The van der Waals surface area contributed by atoms with Crippen LogP contribution in [0.4, 0.5) is 0 Å². The van der Waals surface area contributed by atoms with Crippen molar-refractivity contribution in [2.75, 3.05) is 6.54 Å². The van der Waals surface area contributed by atoms with Crippen molar-refractivity contribution in [3.63, 3.8) is 0 Å². The van der Waals surface area contributed by atoms with E-state index in [1.54, 1.807) is 0 Å². The molecule has 1 unspecified atom stereocenters. The van der Waals surface area contributed by atoms with Crippen LogP contribution in [0.2, 0.25) is 0 Å². The van der Waals surface area contributed by atoms with Crippen LogP contribution >= 0.6 is 11.3 Å². The van der Waals surface area contributed by atoms with Gasteiger partial charge in [0.25, 0.3) is 0 Å². The third-order valence-corrected chi connectivity index (χ3v) is 3.57. The van der Waals surface area contributed by atoms with Crippen molar-refractivity contribution < 1.29 is 0 Å². The van der Waals surface area contributed by atoms with E-state index in [1.165, 1.54) is 29.7 Å². The standard InChI is InChI=1S/C12H21NS/c1-4-6-11(13-8-5-2)12-10(3)7-9-14-12/h7,9,11,13H,4-6,8H2,1-3H3. The van der Waals surface area contributed by atoms with Crippen molar-refractivity contribution in [1.29, 1.82) is 0 Å². The maximum Gasteiger partial charge on any atom is 0.0417 e. The highest BCUT2D eigenvalue weighted by molar-refractivity contribution is 7.10. The Bertz CT molecular complexity index is 255. The van der Waals surface area contributed by atoms with Crippen molar-refractivity contribution in [2.24, 2.45) is 0 Å². The molecule has 0 aliphatic heterocycles. The van der Waals surface area contributed by atoms with Crippen molar-refractivity contribution in [1.82, 2.24) is 5.32 Å². The van der Waals surface area contributed by atoms with Gasteiger partial charge in [-0.3, -0.25) is 0 Å². The first-order valence-corrected chi connectivity index (χ1v) is 6.44. The summed E-state index contributed by atoms with van der Waals surface area (Å²) in [4.78, 5) is 1.53. The van der Waals surface area contributed by atoms with E-state index < -0.39 is 0 Å². The summed E-state index contributed by atoms with van der Waals surface area (Å²) in [6, 6.07) is 2.80. The highest BCUT2D eigenvalue weighted by atomic mass is 32.1. The van der Waals surface area contributed by atoms with Gasteiger partial charge in [-0.1, -0.05) is 20.3 Å². The van der Waals surface area contributed by atoms with Crippen LogP contribution < -0.4 is 5.32 Å². The predicted molar refractivity (Wildman–Crippen MR) is 65.0 cm³/mol. The molecular formula is C12H21NS. The Morgan fingerprint density at radius 1 is 1.36 bits per heavy atom. The van der Waals surface area contributed by atoms with Gasteiger partial charge in [0.05, 0.1) is 0 Å². The number of nitrogens with one attached hydrogen (secondary N) is 1. The smallest absolute Gasteiger partial charge is 0.0417 e. The summed E-state index contributed by atoms with van der Waals surface area (Å²) in [6.07, 6.45) is 3.71. The Morgan fingerprint density at radius 2 is 2.14 bits per heavy atom. The van der Waals surface area contributed by atoms with Gasteiger partial charge in [-0.05, 0) is 43.3 Å². The third kappa shape index (κ3) is 3.10. The van der Waals surface area contributed by atoms with E-state index in [-0.39, 0.29) is 0 Å². The normalized spacial score (nSPS) is 13.1. The minimum absolute atomic E-state index is 0.583. The summed E-state index contributed by atoms with van der Waals surface area (Å²) in [5.74, 6) is 0. The molecular weight excluding hydrogens is 190 g/mol. The fraction of sp³-hybridized carbons (Fsp3) is 0.667. The van der Waals surface area contributed by atoms with E-state index in [2.05, 4.69) is 37.5 Å². The summed E-state index contributed by atoms with van der Waals surface area (Å²) in [7, 11) is 0. The molecule has 1 rings (SSSR count). The molecule has 1 heterocycles. The molecule has 0 aliphatic carbocycles. The lowest BCUT2D eigenvalue weighted by Crippen LogP contribution is -2.21. The molecule has 1 N–H and O–H groups in total. The van der Waals surface area contributed by atoms with E-state index in [0.29, 0.717) is 6.04 Å². The van der Waals surface area contributed by atoms with Crippen LogP contribution in [0.25, 0.3) is 0 Å². The average Bonchev–Trinajstić information content (AvgIpc) is 2.59. The fourth-order valence-corrected chi connectivity index (χ4v) is 2.71. The second-order valence-electron chi connectivity index (χ2n) is 3.76. The molecule has 14 heavy (non-hydrogen) atoms. The van der Waals surface area contributed by atoms with Gasteiger partial charge in [0.1, 0.15) is 0 Å². The molecule has 0 amide bonds. The van der Waals surface area contributed by atoms with Gasteiger partial charge in [0.2, 0.25) is 0 Å². The zero-order valence-corrected chi connectivity index (χ0v) is 10.3. The molecule has 0 saturated heterocycles. The van der Waals surface area contributed by atoms with Crippen molar-refractivity contribution >= 4 is 11.3 Å². The van der Waals surface area contributed by atoms with Crippen LogP contribution in [0.1, 0.15) is 49.6 Å². The zero-order chi connectivity index (χ0) is 10.4. The Labute approximate surface area is 91.5 Å². The number of thiophene rings is 1. The second-order valence-corrected chi connectivity index (χ2v) is 4.71. The van der Waals surface area contributed by atoms with Crippen molar-refractivity contribution in [3.8, 4) is 0 Å². The minimum Gasteiger partial charge on any atom is -0.309 e. The number of hydrogen-bond donors (Lipinski definition) is 1. The van der Waals surface area contributed by atoms with Gasteiger partial charge in [-0.25, -0.2) is 0 Å². The predicted octanol–water partition coefficient (Wildman–Crippen LogP) is 3.90. The maximum atomic E-state index is 3.62. The Balaban J connectivity index is 2.62. The van der Waals surface area contributed by atoms with Gasteiger partial charge >= 0.3 is 0 Å². The third-order valence-electron chi connectivity index (χ3n) is 2.44. The van der Waals surface area contributed by atoms with E-state index in [4.69, 9.17) is 0 Å². The largest absolute Gasteiger partial charge is 0.309 e. The monoisotopic (exact) mass is 211 g/mol. The van der Waals surface area contributed by atoms with E-state index >= 15 is 0 Å². The molecule has 2 heteroatoms. The van der Waals surface area contributed by atoms with Crippen molar-refractivity contribution in [3.05, 3.63) is 21.9 Å². The highest BCUT2D eigenvalue weighted by Crippen LogP contribution is 2.27. The lowest BCUT2D eigenvalue weighted by Gasteiger charge is -2.17. The van der Waals surface area contributed by atoms with E-state index in [0.717, 1.165) is 6.54 Å². The Kier molecular flexibility index (Phi) is 5.20. The molecule has 1 aromatic rings. The maximum absolute atomic E-state index is 3.62. The van der Waals surface area contributed by atoms with Crippen LogP contribution in [0.3, 0.4) is 0 Å². The molecule has 0 saturated carbocycles. The number of aryl methyl sites for hydroxylation is 1. The quantitative estimate of drug-likeness (QED) is 0.752. The summed E-state index contributed by atoms with van der Waals surface area (Å²) in [5, 5.41) is 5.82. The Hall–Kier alpha value is -0.340. The zero-order valence-electron chi connectivity index (χ0n) is 9.47. The molecule has 0 aliphatic rings. The van der Waals surface area contributed by atoms with Crippen LogP contribution in [0.5, 0.6) is 0 Å². The van der Waals surface area contributed by atoms with E-state index in [1.807, 2.05) is 11.3 Å². The van der Waals surface area contributed by atoms with Crippen LogP contribution in [-0.2, 0) is 0 Å². The topological polar surface area (TPSA) is 12.0 Å². The molecule has 80 valence electrons. The average molecular weight is 211 g/mol. The van der Waals surface area contributed by atoms with Crippen molar-refractivity contribution in [2.45, 2.75) is 46.1 Å². The van der Waals surface area contributed by atoms with Gasteiger partial charge < -0.3 is 5.32 Å². The molecule has 1 nitrogen and oxygen atoms in total. The van der Waals surface area contributed by atoms with Gasteiger partial charge in [0, 0.05) is 10.9 Å². The summed E-state index contributed by atoms with van der Waals surface area (Å²) >= 11 is 1.89. The number of rotatable bonds is 6. The van der Waals surface area contributed by atoms with Gasteiger partial charge in [0.15, 0.2) is 0 Å². The SMILES string of the molecule is CCCNC(CCC)c1sccc1C. The van der Waals surface area contributed by atoms with Crippen LogP contribution in [-0.4, -0.2) is 6.54 Å².